The number of likely N-dealkylation sites (tertiary alicyclic amines) is 1. The summed E-state index contributed by atoms with van der Waals surface area (Å²) in [6, 6.07) is 5.93. The summed E-state index contributed by atoms with van der Waals surface area (Å²) in [7, 11) is 3.58. The molecule has 5 heteroatoms. The predicted octanol–water partition coefficient (Wildman–Crippen LogP) is 1.83. The molecule has 0 unspecified atom stereocenters. The average Bonchev–Trinajstić information content (AvgIpc) is 2.54. The smallest absolute Gasteiger partial charge is 0.251 e. The van der Waals surface area contributed by atoms with Crippen LogP contribution in [0.2, 0.25) is 0 Å². The summed E-state index contributed by atoms with van der Waals surface area (Å²) in [5.41, 5.74) is 2.83. The number of nitrogens with one attached hydrogen (secondary N) is 1. The normalized spacial score (nSPS) is 16.0. The van der Waals surface area contributed by atoms with E-state index in [4.69, 9.17) is 0 Å². The minimum absolute atomic E-state index is 0.0239. The number of carbonyl (C=O) groups is 2. The van der Waals surface area contributed by atoms with Gasteiger partial charge in [-0.1, -0.05) is 18.2 Å². The van der Waals surface area contributed by atoms with Crippen molar-refractivity contribution in [2.75, 3.05) is 40.3 Å². The molecule has 0 bridgehead atoms. The Kier molecular flexibility index (Phi) is 6.37. The highest BCUT2D eigenvalue weighted by atomic mass is 16.2. The maximum Gasteiger partial charge on any atom is 0.251 e. The van der Waals surface area contributed by atoms with Gasteiger partial charge in [0.05, 0.1) is 6.54 Å². The maximum atomic E-state index is 12.4. The second-order valence-corrected chi connectivity index (χ2v) is 6.98. The van der Waals surface area contributed by atoms with E-state index in [1.807, 2.05) is 32.0 Å². The summed E-state index contributed by atoms with van der Waals surface area (Å²) in [5, 5.41) is 3.09. The van der Waals surface area contributed by atoms with E-state index in [1.54, 1.807) is 19.0 Å². The molecule has 1 heterocycles. The second kappa shape index (κ2) is 8.29. The molecule has 1 aromatic carbocycles. The zero-order valence-corrected chi connectivity index (χ0v) is 15.3. The molecule has 1 aromatic rings. The first-order chi connectivity index (χ1) is 11.4. The average molecular weight is 331 g/mol. The molecule has 2 rings (SSSR count). The van der Waals surface area contributed by atoms with Crippen LogP contribution in [0, 0.1) is 19.8 Å². The van der Waals surface area contributed by atoms with Crippen LogP contribution >= 0.6 is 0 Å². The van der Waals surface area contributed by atoms with Gasteiger partial charge in [-0.25, -0.2) is 0 Å². The minimum Gasteiger partial charge on any atom is -0.352 e. The summed E-state index contributed by atoms with van der Waals surface area (Å²) >= 11 is 0. The quantitative estimate of drug-likeness (QED) is 0.896. The summed E-state index contributed by atoms with van der Waals surface area (Å²) in [6.45, 7) is 6.99. The van der Waals surface area contributed by atoms with Crippen LogP contribution in [0.4, 0.5) is 0 Å². The van der Waals surface area contributed by atoms with Gasteiger partial charge in [-0.2, -0.15) is 0 Å². The lowest BCUT2D eigenvalue weighted by Crippen LogP contribution is -2.43. The number of hydrogen-bond acceptors (Lipinski definition) is 3. The van der Waals surface area contributed by atoms with Gasteiger partial charge in [0.1, 0.15) is 0 Å². The molecule has 0 radical (unpaired) electrons. The molecule has 1 aliphatic rings. The van der Waals surface area contributed by atoms with Crippen molar-refractivity contribution < 1.29 is 9.59 Å². The van der Waals surface area contributed by atoms with Crippen molar-refractivity contribution in [2.24, 2.45) is 5.92 Å². The number of piperidine rings is 1. The molecule has 0 saturated carbocycles. The van der Waals surface area contributed by atoms with Crippen molar-refractivity contribution in [1.29, 1.82) is 0 Å². The van der Waals surface area contributed by atoms with Gasteiger partial charge in [-0.15, -0.1) is 0 Å². The third-order valence-corrected chi connectivity index (χ3v) is 4.82. The molecule has 24 heavy (non-hydrogen) atoms. The fraction of sp³-hybridized carbons (Fsp3) is 0.579. The highest BCUT2D eigenvalue weighted by Crippen LogP contribution is 2.17. The SMILES string of the molecule is Cc1cccc(C)c1C(=O)NCC1CCN(CC(=O)N(C)C)CC1. The monoisotopic (exact) mass is 331 g/mol. The fourth-order valence-corrected chi connectivity index (χ4v) is 3.18. The van der Waals surface area contributed by atoms with E-state index < -0.39 is 0 Å². The van der Waals surface area contributed by atoms with Gasteiger partial charge in [0.15, 0.2) is 0 Å². The van der Waals surface area contributed by atoms with Crippen LogP contribution < -0.4 is 5.32 Å². The van der Waals surface area contributed by atoms with E-state index >= 15 is 0 Å². The number of amides is 2. The van der Waals surface area contributed by atoms with Gasteiger partial charge in [-0.3, -0.25) is 14.5 Å². The topological polar surface area (TPSA) is 52.7 Å². The van der Waals surface area contributed by atoms with Crippen molar-refractivity contribution in [2.45, 2.75) is 26.7 Å². The Labute approximate surface area is 145 Å². The highest BCUT2D eigenvalue weighted by Gasteiger charge is 2.22. The van der Waals surface area contributed by atoms with Crippen molar-refractivity contribution in [3.63, 3.8) is 0 Å². The van der Waals surface area contributed by atoms with Gasteiger partial charge in [-0.05, 0) is 56.8 Å². The zero-order valence-electron chi connectivity index (χ0n) is 15.3. The number of benzene rings is 1. The van der Waals surface area contributed by atoms with Crippen molar-refractivity contribution >= 4 is 11.8 Å². The number of likely N-dealkylation sites (N-methyl/N-ethyl adjacent to an activating group) is 1. The molecule has 0 aliphatic carbocycles. The van der Waals surface area contributed by atoms with Gasteiger partial charge < -0.3 is 10.2 Å². The molecule has 1 fully saturated rings. The first kappa shape index (κ1) is 18.5. The van der Waals surface area contributed by atoms with Crippen molar-refractivity contribution in [1.82, 2.24) is 15.1 Å². The van der Waals surface area contributed by atoms with Gasteiger partial charge in [0, 0.05) is 26.2 Å². The summed E-state index contributed by atoms with van der Waals surface area (Å²) < 4.78 is 0. The molecular weight excluding hydrogens is 302 g/mol. The summed E-state index contributed by atoms with van der Waals surface area (Å²) in [6.07, 6.45) is 2.04. The predicted molar refractivity (Wildman–Crippen MR) is 96.1 cm³/mol. The second-order valence-electron chi connectivity index (χ2n) is 6.98. The van der Waals surface area contributed by atoms with Crippen molar-refractivity contribution in [3.05, 3.63) is 34.9 Å². The molecule has 0 aromatic heterocycles. The Morgan fingerprint density at radius 1 is 1.17 bits per heavy atom. The molecule has 132 valence electrons. The highest BCUT2D eigenvalue weighted by molar-refractivity contribution is 5.97. The molecule has 2 amide bonds. The first-order valence-corrected chi connectivity index (χ1v) is 8.65. The minimum atomic E-state index is 0.0239. The number of aryl methyl sites for hydroxylation is 2. The van der Waals surface area contributed by atoms with E-state index in [0.29, 0.717) is 19.0 Å². The lowest BCUT2D eigenvalue weighted by molar-refractivity contribution is -0.130. The van der Waals surface area contributed by atoms with Gasteiger partial charge in [0.2, 0.25) is 5.91 Å². The van der Waals surface area contributed by atoms with Gasteiger partial charge >= 0.3 is 0 Å². The lowest BCUT2D eigenvalue weighted by atomic mass is 9.96. The first-order valence-electron chi connectivity index (χ1n) is 8.65. The molecular formula is C19H29N3O2. The van der Waals surface area contributed by atoms with Crippen LogP contribution in [0.15, 0.2) is 18.2 Å². The lowest BCUT2D eigenvalue weighted by Gasteiger charge is -2.32. The maximum absolute atomic E-state index is 12.4. The number of nitrogens with zero attached hydrogens (tertiary/aromatic N) is 2. The summed E-state index contributed by atoms with van der Waals surface area (Å²) in [5.74, 6) is 0.663. The summed E-state index contributed by atoms with van der Waals surface area (Å²) in [4.78, 5) is 28.0. The third-order valence-electron chi connectivity index (χ3n) is 4.82. The van der Waals surface area contributed by atoms with Crippen LogP contribution in [-0.2, 0) is 4.79 Å². The Bertz CT molecular complexity index is 570. The van der Waals surface area contributed by atoms with E-state index in [2.05, 4.69) is 10.2 Å². The number of hydrogen-bond donors (Lipinski definition) is 1. The Hall–Kier alpha value is -1.88. The fourth-order valence-electron chi connectivity index (χ4n) is 3.18. The third kappa shape index (κ3) is 4.81. The van der Waals surface area contributed by atoms with E-state index in [-0.39, 0.29) is 11.8 Å². The van der Waals surface area contributed by atoms with E-state index in [0.717, 1.165) is 42.6 Å². The van der Waals surface area contributed by atoms with Crippen LogP contribution in [0.25, 0.3) is 0 Å². The molecule has 0 atom stereocenters. The van der Waals surface area contributed by atoms with Crippen molar-refractivity contribution in [3.8, 4) is 0 Å². The Morgan fingerprint density at radius 3 is 2.29 bits per heavy atom. The number of carbonyl (C=O) groups excluding carboxylic acids is 2. The largest absolute Gasteiger partial charge is 0.352 e. The molecule has 1 N–H and O–H groups in total. The van der Waals surface area contributed by atoms with Crippen LogP contribution in [0.1, 0.15) is 34.3 Å². The van der Waals surface area contributed by atoms with Crippen LogP contribution in [-0.4, -0.2) is 61.9 Å². The zero-order chi connectivity index (χ0) is 17.7. The Balaban J connectivity index is 1.78. The van der Waals surface area contributed by atoms with Crippen LogP contribution in [0.5, 0.6) is 0 Å². The van der Waals surface area contributed by atoms with E-state index in [9.17, 15) is 9.59 Å². The molecule has 5 nitrogen and oxygen atoms in total. The molecule has 1 saturated heterocycles. The van der Waals surface area contributed by atoms with Crippen LogP contribution in [0.3, 0.4) is 0 Å². The number of rotatable bonds is 5. The van der Waals surface area contributed by atoms with E-state index in [1.165, 1.54) is 0 Å². The van der Waals surface area contributed by atoms with Gasteiger partial charge in [0.25, 0.3) is 5.91 Å². The molecule has 1 aliphatic heterocycles. The standard InChI is InChI=1S/C19H29N3O2/c1-14-6-5-7-15(2)18(14)19(24)20-12-16-8-10-22(11-9-16)13-17(23)21(3)4/h5-7,16H,8-13H2,1-4H3,(H,20,24). The Morgan fingerprint density at radius 2 is 1.75 bits per heavy atom. The molecule has 0 spiro atoms.